The van der Waals surface area contributed by atoms with E-state index in [4.69, 9.17) is 11.5 Å². The molecule has 0 amide bonds. The van der Waals surface area contributed by atoms with Gasteiger partial charge in [-0.05, 0) is 49.6 Å². The summed E-state index contributed by atoms with van der Waals surface area (Å²) in [6, 6.07) is 6.32. The monoisotopic (exact) mass is 256 g/mol. The Hall–Kier alpha value is -0.380. The molecule has 0 saturated carbocycles. The standard InChI is InChI=1S/C11H17BrN2/c1-8-4-5-9(12)7-10(8)11(14)3-2-6-13/h4-5,7,11H,2-3,6,13-14H2,1H3/t11-/m1/s1. The lowest BCUT2D eigenvalue weighted by atomic mass is 9.98. The van der Waals surface area contributed by atoms with E-state index in [-0.39, 0.29) is 6.04 Å². The molecule has 0 spiro atoms. The maximum absolute atomic E-state index is 6.07. The molecule has 0 saturated heterocycles. The van der Waals surface area contributed by atoms with Crippen LogP contribution in [-0.2, 0) is 0 Å². The van der Waals surface area contributed by atoms with Gasteiger partial charge in [0.1, 0.15) is 0 Å². The summed E-state index contributed by atoms with van der Waals surface area (Å²) in [4.78, 5) is 0. The lowest BCUT2D eigenvalue weighted by Gasteiger charge is -2.14. The van der Waals surface area contributed by atoms with Crippen molar-refractivity contribution in [3.8, 4) is 0 Å². The average Bonchev–Trinajstić information content (AvgIpc) is 2.18. The molecule has 2 nitrogen and oxygen atoms in total. The van der Waals surface area contributed by atoms with Crippen molar-refractivity contribution in [2.75, 3.05) is 6.54 Å². The first-order valence-electron chi connectivity index (χ1n) is 4.87. The number of benzene rings is 1. The van der Waals surface area contributed by atoms with Gasteiger partial charge in [-0.3, -0.25) is 0 Å². The van der Waals surface area contributed by atoms with E-state index in [1.165, 1.54) is 11.1 Å². The highest BCUT2D eigenvalue weighted by Gasteiger charge is 2.08. The van der Waals surface area contributed by atoms with Crippen LogP contribution in [0.15, 0.2) is 22.7 Å². The van der Waals surface area contributed by atoms with Gasteiger partial charge in [-0.2, -0.15) is 0 Å². The van der Waals surface area contributed by atoms with E-state index in [2.05, 4.69) is 35.0 Å². The third-order valence-corrected chi connectivity index (χ3v) is 2.85. The minimum atomic E-state index is 0.107. The summed E-state index contributed by atoms with van der Waals surface area (Å²) >= 11 is 3.45. The largest absolute Gasteiger partial charge is 0.330 e. The van der Waals surface area contributed by atoms with E-state index in [1.54, 1.807) is 0 Å². The molecule has 0 aliphatic heterocycles. The number of rotatable bonds is 4. The topological polar surface area (TPSA) is 52.0 Å². The fourth-order valence-electron chi connectivity index (χ4n) is 1.50. The van der Waals surface area contributed by atoms with Gasteiger partial charge in [0, 0.05) is 10.5 Å². The lowest BCUT2D eigenvalue weighted by molar-refractivity contribution is 0.615. The van der Waals surface area contributed by atoms with Gasteiger partial charge >= 0.3 is 0 Å². The second-order valence-electron chi connectivity index (χ2n) is 3.54. The summed E-state index contributed by atoms with van der Waals surface area (Å²) in [7, 11) is 0. The Labute approximate surface area is 93.8 Å². The molecule has 0 unspecified atom stereocenters. The van der Waals surface area contributed by atoms with Gasteiger partial charge in [-0.1, -0.05) is 22.0 Å². The zero-order valence-corrected chi connectivity index (χ0v) is 10.0. The van der Waals surface area contributed by atoms with Gasteiger partial charge in [0.2, 0.25) is 0 Å². The molecule has 1 aromatic carbocycles. The lowest BCUT2D eigenvalue weighted by Crippen LogP contribution is -2.13. The second-order valence-corrected chi connectivity index (χ2v) is 4.45. The van der Waals surface area contributed by atoms with Crippen LogP contribution in [0.4, 0.5) is 0 Å². The average molecular weight is 257 g/mol. The van der Waals surface area contributed by atoms with Crippen molar-refractivity contribution in [2.24, 2.45) is 11.5 Å². The van der Waals surface area contributed by atoms with Crippen molar-refractivity contribution in [1.29, 1.82) is 0 Å². The summed E-state index contributed by atoms with van der Waals surface area (Å²) in [5.41, 5.74) is 14.0. The number of nitrogens with two attached hydrogens (primary N) is 2. The summed E-state index contributed by atoms with van der Waals surface area (Å²) in [5.74, 6) is 0. The van der Waals surface area contributed by atoms with Crippen molar-refractivity contribution in [3.63, 3.8) is 0 Å². The van der Waals surface area contributed by atoms with E-state index in [0.29, 0.717) is 6.54 Å². The minimum Gasteiger partial charge on any atom is -0.330 e. The Balaban J connectivity index is 2.77. The maximum atomic E-state index is 6.07. The molecule has 1 atom stereocenters. The Morgan fingerprint density at radius 2 is 2.14 bits per heavy atom. The molecule has 1 rings (SSSR count). The zero-order chi connectivity index (χ0) is 10.6. The summed E-state index contributed by atoms with van der Waals surface area (Å²) in [5, 5.41) is 0. The first-order chi connectivity index (χ1) is 6.65. The van der Waals surface area contributed by atoms with Crippen LogP contribution in [0.5, 0.6) is 0 Å². The Morgan fingerprint density at radius 1 is 1.43 bits per heavy atom. The van der Waals surface area contributed by atoms with Crippen LogP contribution >= 0.6 is 15.9 Å². The Kier molecular flexibility index (Phi) is 4.58. The smallest absolute Gasteiger partial charge is 0.0298 e. The van der Waals surface area contributed by atoms with E-state index >= 15 is 0 Å². The van der Waals surface area contributed by atoms with Crippen LogP contribution in [0, 0.1) is 6.92 Å². The van der Waals surface area contributed by atoms with E-state index in [1.807, 2.05) is 6.07 Å². The van der Waals surface area contributed by atoms with E-state index in [0.717, 1.165) is 17.3 Å². The number of halogens is 1. The highest BCUT2D eigenvalue weighted by Crippen LogP contribution is 2.23. The van der Waals surface area contributed by atoms with Crippen LogP contribution in [0.2, 0.25) is 0 Å². The molecule has 0 aliphatic rings. The van der Waals surface area contributed by atoms with Crippen LogP contribution in [-0.4, -0.2) is 6.54 Å². The van der Waals surface area contributed by atoms with Gasteiger partial charge in [0.25, 0.3) is 0 Å². The summed E-state index contributed by atoms with van der Waals surface area (Å²) in [6.07, 6.45) is 1.93. The number of hydrogen-bond donors (Lipinski definition) is 2. The second kappa shape index (κ2) is 5.49. The van der Waals surface area contributed by atoms with Gasteiger partial charge in [-0.25, -0.2) is 0 Å². The van der Waals surface area contributed by atoms with Gasteiger partial charge in [0.15, 0.2) is 0 Å². The predicted octanol–water partition coefficient (Wildman–Crippen LogP) is 2.50. The molecule has 0 aliphatic carbocycles. The van der Waals surface area contributed by atoms with Crippen LogP contribution < -0.4 is 11.5 Å². The molecule has 0 bridgehead atoms. The highest BCUT2D eigenvalue weighted by molar-refractivity contribution is 9.10. The molecule has 0 heterocycles. The van der Waals surface area contributed by atoms with Crippen molar-refractivity contribution in [2.45, 2.75) is 25.8 Å². The SMILES string of the molecule is Cc1ccc(Br)cc1[C@H](N)CCCN. The molecule has 0 fully saturated rings. The number of hydrogen-bond acceptors (Lipinski definition) is 2. The molecule has 14 heavy (non-hydrogen) atoms. The highest BCUT2D eigenvalue weighted by atomic mass is 79.9. The van der Waals surface area contributed by atoms with Gasteiger partial charge < -0.3 is 11.5 Å². The van der Waals surface area contributed by atoms with Crippen molar-refractivity contribution >= 4 is 15.9 Å². The first kappa shape index (κ1) is 11.7. The fourth-order valence-corrected chi connectivity index (χ4v) is 1.88. The molecule has 0 aromatic heterocycles. The first-order valence-corrected chi connectivity index (χ1v) is 5.66. The minimum absolute atomic E-state index is 0.107. The molecule has 1 aromatic rings. The van der Waals surface area contributed by atoms with Gasteiger partial charge in [-0.15, -0.1) is 0 Å². The normalized spacial score (nSPS) is 12.9. The summed E-state index contributed by atoms with van der Waals surface area (Å²) < 4.78 is 1.08. The van der Waals surface area contributed by atoms with E-state index in [9.17, 15) is 0 Å². The number of aryl methyl sites for hydroxylation is 1. The molecule has 4 N–H and O–H groups in total. The van der Waals surface area contributed by atoms with Crippen molar-refractivity contribution in [1.82, 2.24) is 0 Å². The third-order valence-electron chi connectivity index (χ3n) is 2.36. The Bertz CT molecular complexity index is 299. The summed E-state index contributed by atoms with van der Waals surface area (Å²) in [6.45, 7) is 2.80. The van der Waals surface area contributed by atoms with E-state index < -0.39 is 0 Å². The Morgan fingerprint density at radius 3 is 2.79 bits per heavy atom. The van der Waals surface area contributed by atoms with Crippen LogP contribution in [0.3, 0.4) is 0 Å². The fraction of sp³-hybridized carbons (Fsp3) is 0.455. The molecular formula is C11H17BrN2. The van der Waals surface area contributed by atoms with Crippen LogP contribution in [0.25, 0.3) is 0 Å². The van der Waals surface area contributed by atoms with Gasteiger partial charge in [0.05, 0.1) is 0 Å². The zero-order valence-electron chi connectivity index (χ0n) is 8.46. The van der Waals surface area contributed by atoms with Crippen LogP contribution in [0.1, 0.15) is 30.0 Å². The quantitative estimate of drug-likeness (QED) is 0.870. The molecule has 78 valence electrons. The predicted molar refractivity (Wildman–Crippen MR) is 64.1 cm³/mol. The maximum Gasteiger partial charge on any atom is 0.0298 e. The van der Waals surface area contributed by atoms with Crippen molar-refractivity contribution in [3.05, 3.63) is 33.8 Å². The molecule has 3 heteroatoms. The van der Waals surface area contributed by atoms with Crippen molar-refractivity contribution < 1.29 is 0 Å². The molecular weight excluding hydrogens is 240 g/mol. The third kappa shape index (κ3) is 3.08. The molecule has 0 radical (unpaired) electrons.